The van der Waals surface area contributed by atoms with E-state index in [1.807, 2.05) is 13.8 Å². The highest BCUT2D eigenvalue weighted by Crippen LogP contribution is 2.53. The second-order valence-corrected chi connectivity index (χ2v) is 11.2. The van der Waals surface area contributed by atoms with Crippen LogP contribution in [0.1, 0.15) is 66.2 Å². The summed E-state index contributed by atoms with van der Waals surface area (Å²) in [4.78, 5) is 12.9. The first-order valence-corrected chi connectivity index (χ1v) is 11.4. The molecule has 0 N–H and O–H groups in total. The SMILES string of the molecule is CC1CC2CCC(C(=O)OCCC(C)(C)COS(=O)(=O)Cl)(C1)CC2C. The van der Waals surface area contributed by atoms with Gasteiger partial charge >= 0.3 is 15.3 Å². The van der Waals surface area contributed by atoms with Gasteiger partial charge in [-0.05, 0) is 61.7 Å². The molecule has 3 rings (SSSR count). The molecule has 0 heterocycles. The molecule has 0 radical (unpaired) electrons. The van der Waals surface area contributed by atoms with Crippen molar-refractivity contribution in [3.05, 3.63) is 0 Å². The molecule has 25 heavy (non-hydrogen) atoms. The molecule has 3 saturated carbocycles. The fraction of sp³-hybridized carbons (Fsp3) is 0.944. The van der Waals surface area contributed by atoms with Crippen LogP contribution in [0.15, 0.2) is 0 Å². The Morgan fingerprint density at radius 2 is 1.96 bits per heavy atom. The average molecular weight is 395 g/mol. The molecule has 2 bridgehead atoms. The largest absolute Gasteiger partial charge is 0.465 e. The Balaban J connectivity index is 1.89. The fourth-order valence-corrected chi connectivity index (χ4v) is 5.17. The van der Waals surface area contributed by atoms with E-state index in [9.17, 15) is 13.2 Å². The normalized spacial score (nSPS) is 33.1. The molecule has 0 aromatic heterocycles. The highest BCUT2D eigenvalue weighted by molar-refractivity contribution is 8.09. The van der Waals surface area contributed by atoms with Crippen LogP contribution in [-0.2, 0) is 23.0 Å². The van der Waals surface area contributed by atoms with Gasteiger partial charge in [-0.1, -0.05) is 27.7 Å². The van der Waals surface area contributed by atoms with Crippen LogP contribution in [0.5, 0.6) is 0 Å². The van der Waals surface area contributed by atoms with Crippen molar-refractivity contribution in [1.29, 1.82) is 0 Å². The van der Waals surface area contributed by atoms with Gasteiger partial charge in [0.15, 0.2) is 0 Å². The minimum atomic E-state index is -3.98. The van der Waals surface area contributed by atoms with Crippen LogP contribution in [0.4, 0.5) is 0 Å². The number of halogens is 1. The first-order chi connectivity index (χ1) is 11.4. The van der Waals surface area contributed by atoms with Crippen LogP contribution < -0.4 is 0 Å². The van der Waals surface area contributed by atoms with Crippen molar-refractivity contribution in [2.75, 3.05) is 13.2 Å². The molecular weight excluding hydrogens is 364 g/mol. The first-order valence-electron chi connectivity index (χ1n) is 9.19. The van der Waals surface area contributed by atoms with E-state index >= 15 is 0 Å². The van der Waals surface area contributed by atoms with Gasteiger partial charge in [-0.15, -0.1) is 0 Å². The lowest BCUT2D eigenvalue weighted by Gasteiger charge is -2.38. The van der Waals surface area contributed by atoms with E-state index in [-0.39, 0.29) is 24.6 Å². The summed E-state index contributed by atoms with van der Waals surface area (Å²) in [7, 11) is 1.10. The van der Waals surface area contributed by atoms with Gasteiger partial charge in [0.2, 0.25) is 0 Å². The number of carbonyl (C=O) groups is 1. The Labute approximate surface area is 156 Å². The van der Waals surface area contributed by atoms with Crippen LogP contribution in [0.2, 0.25) is 0 Å². The van der Waals surface area contributed by atoms with Crippen LogP contribution in [0.25, 0.3) is 0 Å². The monoisotopic (exact) mass is 394 g/mol. The van der Waals surface area contributed by atoms with Gasteiger partial charge < -0.3 is 4.74 Å². The van der Waals surface area contributed by atoms with Crippen molar-refractivity contribution < 1.29 is 22.1 Å². The zero-order valence-corrected chi connectivity index (χ0v) is 17.3. The predicted octanol–water partition coefficient (Wildman–Crippen LogP) is 4.30. The van der Waals surface area contributed by atoms with E-state index in [4.69, 9.17) is 15.4 Å². The highest BCUT2D eigenvalue weighted by atomic mass is 35.7. The molecule has 7 heteroatoms. The number of hydrogen-bond donors (Lipinski definition) is 0. The molecule has 0 aromatic rings. The molecule has 3 aliphatic rings. The molecule has 3 fully saturated rings. The summed E-state index contributed by atoms with van der Waals surface area (Å²) in [5, 5.41) is 0. The fourth-order valence-electron chi connectivity index (χ4n) is 4.58. The van der Waals surface area contributed by atoms with Gasteiger partial charge in [0.25, 0.3) is 0 Å². The van der Waals surface area contributed by atoms with Crippen molar-refractivity contribution in [2.24, 2.45) is 28.6 Å². The van der Waals surface area contributed by atoms with Crippen LogP contribution in [-0.4, -0.2) is 27.6 Å². The standard InChI is InChI=1S/C18H31ClO5S/c1-13-9-15-5-6-18(10-13,11-14(15)2)16(20)23-8-7-17(3,4)12-24-25(19,21)22/h13-15H,5-12H2,1-4H3. The maximum atomic E-state index is 12.9. The van der Waals surface area contributed by atoms with Crippen molar-refractivity contribution >= 4 is 26.0 Å². The molecule has 0 saturated heterocycles. The Morgan fingerprint density at radius 1 is 1.28 bits per heavy atom. The van der Waals surface area contributed by atoms with E-state index in [0.717, 1.165) is 31.6 Å². The molecule has 4 atom stereocenters. The summed E-state index contributed by atoms with van der Waals surface area (Å²) < 4.78 is 32.1. The highest BCUT2D eigenvalue weighted by Gasteiger charge is 2.49. The van der Waals surface area contributed by atoms with Crippen molar-refractivity contribution in [3.63, 3.8) is 0 Å². The van der Waals surface area contributed by atoms with Crippen molar-refractivity contribution in [3.8, 4) is 0 Å². The van der Waals surface area contributed by atoms with E-state index in [1.54, 1.807) is 0 Å². The molecule has 5 nitrogen and oxygen atoms in total. The van der Waals surface area contributed by atoms with Crippen LogP contribution in [0.3, 0.4) is 0 Å². The van der Waals surface area contributed by atoms with Crippen LogP contribution in [0, 0.1) is 28.6 Å². The van der Waals surface area contributed by atoms with Gasteiger partial charge in [0.05, 0.1) is 18.6 Å². The minimum absolute atomic E-state index is 0.0305. The Hall–Kier alpha value is -0.330. The summed E-state index contributed by atoms with van der Waals surface area (Å²) in [5.74, 6) is 1.80. The molecular formula is C18H31ClO5S. The average Bonchev–Trinajstić information content (AvgIpc) is 2.71. The van der Waals surface area contributed by atoms with Gasteiger partial charge in [-0.3, -0.25) is 8.98 Å². The third-order valence-electron chi connectivity index (χ3n) is 5.99. The first kappa shape index (κ1) is 21.0. The van der Waals surface area contributed by atoms with E-state index in [2.05, 4.69) is 18.0 Å². The number of ether oxygens (including phenoxy) is 1. The van der Waals surface area contributed by atoms with E-state index in [1.165, 1.54) is 6.42 Å². The summed E-state index contributed by atoms with van der Waals surface area (Å²) >= 11 is 0. The second-order valence-electron chi connectivity index (χ2n) is 9.01. The zero-order chi connectivity index (χ0) is 18.9. The van der Waals surface area contributed by atoms with Gasteiger partial charge in [-0.2, -0.15) is 8.42 Å². The van der Waals surface area contributed by atoms with Crippen molar-refractivity contribution in [1.82, 2.24) is 0 Å². The molecule has 0 aliphatic heterocycles. The molecule has 0 aromatic carbocycles. The third-order valence-corrected chi connectivity index (χ3v) is 6.66. The predicted molar refractivity (Wildman–Crippen MR) is 97.4 cm³/mol. The zero-order valence-electron chi connectivity index (χ0n) is 15.7. The number of carbonyl (C=O) groups excluding carboxylic acids is 1. The second kappa shape index (κ2) is 7.73. The third kappa shape index (κ3) is 5.83. The number of esters is 1. The summed E-state index contributed by atoms with van der Waals surface area (Å²) in [6.07, 6.45) is 5.64. The van der Waals surface area contributed by atoms with E-state index in [0.29, 0.717) is 18.3 Å². The molecule has 4 unspecified atom stereocenters. The number of rotatable bonds is 7. The maximum Gasteiger partial charge on any atom is 0.355 e. The Bertz CT molecular complexity index is 584. The van der Waals surface area contributed by atoms with Gasteiger partial charge in [0.1, 0.15) is 0 Å². The quantitative estimate of drug-likeness (QED) is 0.475. The lowest BCUT2D eigenvalue weighted by atomic mass is 9.67. The Kier molecular flexibility index (Phi) is 6.49. The summed E-state index contributed by atoms with van der Waals surface area (Å²) in [6.45, 7) is 8.47. The lowest BCUT2D eigenvalue weighted by molar-refractivity contribution is -0.161. The topological polar surface area (TPSA) is 69.7 Å². The lowest BCUT2D eigenvalue weighted by Crippen LogP contribution is -2.39. The van der Waals surface area contributed by atoms with Gasteiger partial charge in [0, 0.05) is 10.7 Å². The molecule has 0 spiro atoms. The number of fused-ring (bicyclic) bond motifs is 4. The molecule has 0 amide bonds. The summed E-state index contributed by atoms with van der Waals surface area (Å²) in [6, 6.07) is 0. The molecule has 3 aliphatic carbocycles. The number of hydrogen-bond acceptors (Lipinski definition) is 5. The smallest absolute Gasteiger partial charge is 0.355 e. The summed E-state index contributed by atoms with van der Waals surface area (Å²) in [5.41, 5.74) is -0.770. The van der Waals surface area contributed by atoms with Gasteiger partial charge in [-0.25, -0.2) is 0 Å². The Morgan fingerprint density at radius 3 is 2.56 bits per heavy atom. The van der Waals surface area contributed by atoms with Crippen molar-refractivity contribution in [2.45, 2.75) is 66.2 Å². The maximum absolute atomic E-state index is 12.9. The van der Waals surface area contributed by atoms with E-state index < -0.39 is 14.7 Å². The minimum Gasteiger partial charge on any atom is -0.465 e. The molecule has 146 valence electrons. The van der Waals surface area contributed by atoms with Crippen LogP contribution >= 0.6 is 10.7 Å².